The fraction of sp³-hybridized carbons (Fsp3) is 1.00. The van der Waals surface area contributed by atoms with Gasteiger partial charge in [-0.05, 0) is 43.8 Å². The second-order valence-corrected chi connectivity index (χ2v) is 9.16. The van der Waals surface area contributed by atoms with Gasteiger partial charge in [-0.15, -0.1) is 0 Å². The second-order valence-electron chi connectivity index (χ2n) is 5.29. The lowest BCUT2D eigenvalue weighted by molar-refractivity contribution is 0.264. The third-order valence-electron chi connectivity index (χ3n) is 4.34. The van der Waals surface area contributed by atoms with E-state index in [1.54, 1.807) is 0 Å². The van der Waals surface area contributed by atoms with Crippen LogP contribution in [0.3, 0.4) is 0 Å². The Morgan fingerprint density at radius 3 is 2.06 bits per heavy atom. The van der Waals surface area contributed by atoms with Gasteiger partial charge in [0.1, 0.15) is 0 Å². The molecule has 2 atom stereocenters. The molecule has 1 heterocycles. The quantitative estimate of drug-likeness (QED) is 0.690. The van der Waals surface area contributed by atoms with E-state index >= 15 is 0 Å². The van der Waals surface area contributed by atoms with Crippen LogP contribution < -0.4 is 4.98 Å². The van der Waals surface area contributed by atoms with Crippen LogP contribution in [0.4, 0.5) is 0 Å². The molecule has 2 unspecified atom stereocenters. The van der Waals surface area contributed by atoms with E-state index in [-0.39, 0.29) is 0 Å². The van der Waals surface area contributed by atoms with E-state index in [1.807, 2.05) is 0 Å². The van der Waals surface area contributed by atoms with Crippen LogP contribution >= 0.6 is 0 Å². The molecule has 102 valence electrons. The van der Waals surface area contributed by atoms with Crippen molar-refractivity contribution < 1.29 is 4.43 Å². The minimum Gasteiger partial charge on any atom is -0.403 e. The summed E-state index contributed by atoms with van der Waals surface area (Å²) >= 11 is 0. The van der Waals surface area contributed by atoms with Gasteiger partial charge in [0.15, 0.2) is 0 Å². The predicted molar refractivity (Wildman–Crippen MR) is 77.6 cm³/mol. The van der Waals surface area contributed by atoms with Crippen molar-refractivity contribution in [3.05, 3.63) is 0 Å². The molecule has 3 heteroatoms. The lowest BCUT2D eigenvalue weighted by Crippen LogP contribution is -2.62. The summed E-state index contributed by atoms with van der Waals surface area (Å²) in [5.74, 6) is 0. The zero-order valence-corrected chi connectivity index (χ0v) is 13.2. The van der Waals surface area contributed by atoms with E-state index in [1.165, 1.54) is 38.5 Å². The maximum atomic E-state index is 6.41. The topological polar surface area (TPSA) is 21.3 Å². The zero-order chi connectivity index (χ0) is 12.7. The first kappa shape index (κ1) is 15.2. The molecule has 0 spiro atoms. The highest BCUT2D eigenvalue weighted by molar-refractivity contribution is 6.74. The van der Waals surface area contributed by atoms with Crippen molar-refractivity contribution in [2.75, 3.05) is 13.2 Å². The van der Waals surface area contributed by atoms with Crippen molar-refractivity contribution >= 4 is 8.48 Å². The van der Waals surface area contributed by atoms with Crippen molar-refractivity contribution in [1.29, 1.82) is 0 Å². The summed E-state index contributed by atoms with van der Waals surface area (Å²) in [5, 5.41) is 0. The first-order valence-corrected chi connectivity index (χ1v) is 9.70. The summed E-state index contributed by atoms with van der Waals surface area (Å²) in [4.78, 5) is 3.90. The van der Waals surface area contributed by atoms with E-state index in [0.29, 0.717) is 0 Å². The van der Waals surface area contributed by atoms with Gasteiger partial charge in [0, 0.05) is 6.61 Å². The Labute approximate surface area is 109 Å². The van der Waals surface area contributed by atoms with Crippen LogP contribution in [-0.4, -0.2) is 21.6 Å². The van der Waals surface area contributed by atoms with Crippen molar-refractivity contribution in [2.24, 2.45) is 0 Å². The summed E-state index contributed by atoms with van der Waals surface area (Å²) in [7, 11) is -1.71. The normalized spacial score (nSPS) is 33.9. The molecule has 0 aliphatic carbocycles. The highest BCUT2D eigenvalue weighted by atomic mass is 28.4. The standard InChI is InChI=1S/C14H31NOSi/c1-5-12-15-17(16-8-4)13(6-2)10-9-11-14(17)7-3/h13-15H,5-12H2,1-4H3. The molecule has 0 saturated carbocycles. The first-order chi connectivity index (χ1) is 8.25. The second kappa shape index (κ2) is 7.55. The summed E-state index contributed by atoms with van der Waals surface area (Å²) in [6.45, 7) is 11.1. The van der Waals surface area contributed by atoms with Gasteiger partial charge in [0.2, 0.25) is 0 Å². The molecule has 0 radical (unpaired) electrons. The molecule has 0 aromatic carbocycles. The maximum Gasteiger partial charge on any atom is 0.274 e. The van der Waals surface area contributed by atoms with Crippen LogP contribution in [0, 0.1) is 0 Å². The lowest BCUT2D eigenvalue weighted by Gasteiger charge is -2.47. The molecular weight excluding hydrogens is 226 g/mol. The molecule has 0 aromatic heterocycles. The lowest BCUT2D eigenvalue weighted by atomic mass is 10.1. The Hall–Kier alpha value is 0.137. The summed E-state index contributed by atoms with van der Waals surface area (Å²) in [6.07, 6.45) is 7.98. The van der Waals surface area contributed by atoms with Crippen LogP contribution in [0.1, 0.15) is 66.2 Å². The van der Waals surface area contributed by atoms with Crippen LogP contribution in [0.15, 0.2) is 0 Å². The average Bonchev–Trinajstić information content (AvgIpc) is 2.36. The van der Waals surface area contributed by atoms with Crippen molar-refractivity contribution in [1.82, 2.24) is 4.98 Å². The Morgan fingerprint density at radius 2 is 1.65 bits per heavy atom. The van der Waals surface area contributed by atoms with E-state index in [4.69, 9.17) is 4.43 Å². The Morgan fingerprint density at radius 1 is 1.06 bits per heavy atom. The molecule has 1 rings (SSSR count). The number of hydrogen-bond donors (Lipinski definition) is 1. The van der Waals surface area contributed by atoms with Crippen molar-refractivity contribution in [3.63, 3.8) is 0 Å². The smallest absolute Gasteiger partial charge is 0.274 e. The predicted octanol–water partition coefficient (Wildman–Crippen LogP) is 4.21. The van der Waals surface area contributed by atoms with E-state index < -0.39 is 8.48 Å². The van der Waals surface area contributed by atoms with Crippen LogP contribution in [0.2, 0.25) is 11.1 Å². The molecule has 2 nitrogen and oxygen atoms in total. The molecule has 1 saturated heterocycles. The molecule has 0 bridgehead atoms. The van der Waals surface area contributed by atoms with Gasteiger partial charge in [-0.3, -0.25) is 0 Å². The molecule has 0 aromatic rings. The first-order valence-electron chi connectivity index (χ1n) is 7.64. The summed E-state index contributed by atoms with van der Waals surface area (Å²) < 4.78 is 6.41. The molecule has 1 N–H and O–H groups in total. The van der Waals surface area contributed by atoms with Gasteiger partial charge in [-0.2, -0.15) is 0 Å². The van der Waals surface area contributed by atoms with Gasteiger partial charge in [-0.1, -0.05) is 40.0 Å². The summed E-state index contributed by atoms with van der Waals surface area (Å²) in [6, 6.07) is 0. The molecular formula is C14H31NOSi. The van der Waals surface area contributed by atoms with Gasteiger partial charge < -0.3 is 9.41 Å². The van der Waals surface area contributed by atoms with E-state index in [0.717, 1.165) is 24.2 Å². The Balaban J connectivity index is 2.88. The fourth-order valence-electron chi connectivity index (χ4n) is 3.52. The highest BCUT2D eigenvalue weighted by Gasteiger charge is 2.50. The minimum atomic E-state index is -1.71. The third-order valence-corrected chi connectivity index (χ3v) is 9.73. The molecule has 1 aliphatic heterocycles. The molecule has 17 heavy (non-hydrogen) atoms. The minimum absolute atomic E-state index is 0.827. The third kappa shape index (κ3) is 3.33. The van der Waals surface area contributed by atoms with Gasteiger partial charge >= 0.3 is 0 Å². The van der Waals surface area contributed by atoms with Crippen molar-refractivity contribution in [2.45, 2.75) is 77.3 Å². The maximum absolute atomic E-state index is 6.41. The van der Waals surface area contributed by atoms with E-state index in [9.17, 15) is 0 Å². The molecule has 1 aliphatic rings. The Kier molecular flexibility index (Phi) is 6.74. The molecule has 0 amide bonds. The highest BCUT2D eigenvalue weighted by Crippen LogP contribution is 2.46. The number of nitrogens with one attached hydrogen (secondary N) is 1. The molecule has 1 fully saturated rings. The van der Waals surface area contributed by atoms with Crippen LogP contribution in [0.5, 0.6) is 0 Å². The average molecular weight is 257 g/mol. The number of rotatable bonds is 7. The Bertz CT molecular complexity index is 198. The van der Waals surface area contributed by atoms with Crippen LogP contribution in [-0.2, 0) is 4.43 Å². The SMILES string of the molecule is CCCN[Si]1(OCC)C(CC)CCCC1CC. The zero-order valence-electron chi connectivity index (χ0n) is 12.2. The van der Waals surface area contributed by atoms with Gasteiger partial charge in [0.05, 0.1) is 0 Å². The van der Waals surface area contributed by atoms with Gasteiger partial charge in [0.25, 0.3) is 8.48 Å². The number of hydrogen-bond acceptors (Lipinski definition) is 2. The summed E-state index contributed by atoms with van der Waals surface area (Å²) in [5.41, 5.74) is 1.65. The monoisotopic (exact) mass is 257 g/mol. The van der Waals surface area contributed by atoms with Crippen molar-refractivity contribution in [3.8, 4) is 0 Å². The fourth-order valence-corrected chi connectivity index (χ4v) is 8.94. The van der Waals surface area contributed by atoms with E-state index in [2.05, 4.69) is 32.7 Å². The largest absolute Gasteiger partial charge is 0.403 e. The van der Waals surface area contributed by atoms with Crippen LogP contribution in [0.25, 0.3) is 0 Å². The van der Waals surface area contributed by atoms with Gasteiger partial charge in [-0.25, -0.2) is 0 Å².